The molecule has 25 heavy (non-hydrogen) atoms. The number of para-hydroxylation sites is 1. The van der Waals surface area contributed by atoms with Crippen LogP contribution in [-0.4, -0.2) is 16.1 Å². The van der Waals surface area contributed by atoms with Crippen LogP contribution in [0, 0.1) is 5.82 Å². The molecule has 0 saturated heterocycles. The Morgan fingerprint density at radius 3 is 2.80 bits per heavy atom. The number of nitrogens with zero attached hydrogens (tertiary/aromatic N) is 2. The van der Waals surface area contributed by atoms with Crippen LogP contribution >= 0.6 is 11.3 Å². The van der Waals surface area contributed by atoms with Gasteiger partial charge in [0.25, 0.3) is 0 Å². The zero-order valence-electron chi connectivity index (χ0n) is 12.8. The number of carbonyl (C=O) groups excluding carboxylic acids is 1. The van der Waals surface area contributed by atoms with Gasteiger partial charge in [-0.25, -0.2) is 14.2 Å². The average molecular weight is 354 g/mol. The normalized spacial score (nSPS) is 10.9. The molecule has 2 aromatic carbocycles. The Labute approximate surface area is 145 Å². The number of aromatic nitrogens is 2. The Morgan fingerprint density at radius 2 is 1.96 bits per heavy atom. The summed E-state index contributed by atoms with van der Waals surface area (Å²) in [5.74, 6) is -0.655. The minimum Gasteiger partial charge on any atom is -0.454 e. The molecule has 0 aliphatic rings. The van der Waals surface area contributed by atoms with Crippen molar-refractivity contribution >= 4 is 27.5 Å². The summed E-state index contributed by atoms with van der Waals surface area (Å²) in [4.78, 5) is 16.4. The maximum absolute atomic E-state index is 13.7. The van der Waals surface area contributed by atoms with Crippen LogP contribution in [0.3, 0.4) is 0 Å². The van der Waals surface area contributed by atoms with Gasteiger partial charge in [0.05, 0.1) is 15.8 Å². The monoisotopic (exact) mass is 354 g/mol. The van der Waals surface area contributed by atoms with Gasteiger partial charge in [0, 0.05) is 6.07 Å². The van der Waals surface area contributed by atoms with Gasteiger partial charge in [-0.05, 0) is 24.3 Å². The quantitative estimate of drug-likeness (QED) is 0.507. The summed E-state index contributed by atoms with van der Waals surface area (Å²) in [6.45, 7) is -0.0767. The lowest BCUT2D eigenvalue weighted by molar-refractivity contribution is 0.0464. The summed E-state index contributed by atoms with van der Waals surface area (Å²) in [6.07, 6.45) is 0. The third kappa shape index (κ3) is 3.14. The van der Waals surface area contributed by atoms with Crippen LogP contribution < -0.4 is 0 Å². The fraction of sp³-hybridized carbons (Fsp3) is 0.0556. The average Bonchev–Trinajstić information content (AvgIpc) is 3.27. The van der Waals surface area contributed by atoms with Gasteiger partial charge in [-0.15, -0.1) is 11.3 Å². The molecule has 4 rings (SSSR count). The van der Waals surface area contributed by atoms with E-state index in [2.05, 4.69) is 10.1 Å². The SMILES string of the molecule is O=C(OCc1cc(-c2ccccc2F)on1)c1nc2ccccc2s1. The van der Waals surface area contributed by atoms with Crippen LogP contribution in [0.25, 0.3) is 21.5 Å². The molecule has 2 aromatic heterocycles. The second kappa shape index (κ2) is 6.45. The number of esters is 1. The molecule has 0 N–H and O–H groups in total. The highest BCUT2D eigenvalue weighted by Gasteiger charge is 2.16. The first-order chi connectivity index (χ1) is 12.2. The molecule has 0 bridgehead atoms. The molecule has 7 heteroatoms. The molecule has 2 heterocycles. The number of halogens is 1. The summed E-state index contributed by atoms with van der Waals surface area (Å²) in [6, 6.07) is 15.2. The van der Waals surface area contributed by atoms with Crippen LogP contribution in [0.2, 0.25) is 0 Å². The molecule has 5 nitrogen and oxygen atoms in total. The van der Waals surface area contributed by atoms with Crippen LogP contribution in [0.15, 0.2) is 59.1 Å². The fourth-order valence-electron chi connectivity index (χ4n) is 2.33. The van der Waals surface area contributed by atoms with E-state index in [1.54, 1.807) is 24.3 Å². The molecular formula is C18H11FN2O3S. The van der Waals surface area contributed by atoms with E-state index in [4.69, 9.17) is 9.26 Å². The van der Waals surface area contributed by atoms with E-state index in [0.717, 1.165) is 10.2 Å². The van der Waals surface area contributed by atoms with Crippen molar-refractivity contribution in [1.82, 2.24) is 10.1 Å². The Kier molecular flexibility index (Phi) is 3.99. The van der Waals surface area contributed by atoms with Gasteiger partial charge < -0.3 is 9.26 Å². The number of hydrogen-bond acceptors (Lipinski definition) is 6. The summed E-state index contributed by atoms with van der Waals surface area (Å²) < 4.78 is 25.0. The predicted octanol–water partition coefficient (Wildman–Crippen LogP) is 4.45. The molecule has 4 aromatic rings. The van der Waals surface area contributed by atoms with Crippen molar-refractivity contribution in [3.63, 3.8) is 0 Å². The summed E-state index contributed by atoms with van der Waals surface area (Å²) in [5, 5.41) is 4.08. The highest BCUT2D eigenvalue weighted by atomic mass is 32.1. The Bertz CT molecular complexity index is 1020. The van der Waals surface area contributed by atoms with Gasteiger partial charge in [-0.2, -0.15) is 0 Å². The first-order valence-electron chi connectivity index (χ1n) is 7.44. The molecule has 0 aliphatic heterocycles. The van der Waals surface area contributed by atoms with Crippen molar-refractivity contribution in [2.75, 3.05) is 0 Å². The fourth-order valence-corrected chi connectivity index (χ4v) is 3.19. The Balaban J connectivity index is 1.46. The topological polar surface area (TPSA) is 65.2 Å². The van der Waals surface area contributed by atoms with Crippen LogP contribution in [0.1, 0.15) is 15.5 Å². The molecule has 0 aliphatic carbocycles. The second-order valence-corrected chi connectivity index (χ2v) is 6.26. The lowest BCUT2D eigenvalue weighted by atomic mass is 10.1. The van der Waals surface area contributed by atoms with Gasteiger partial charge in [0.1, 0.15) is 18.1 Å². The molecule has 0 fully saturated rings. The second-order valence-electron chi connectivity index (χ2n) is 5.23. The van der Waals surface area contributed by atoms with Crippen molar-refractivity contribution in [3.05, 3.63) is 71.1 Å². The zero-order chi connectivity index (χ0) is 17.2. The van der Waals surface area contributed by atoms with E-state index < -0.39 is 11.8 Å². The van der Waals surface area contributed by atoms with E-state index in [0.29, 0.717) is 11.3 Å². The third-order valence-electron chi connectivity index (χ3n) is 3.52. The maximum Gasteiger partial charge on any atom is 0.367 e. The lowest BCUT2D eigenvalue weighted by Gasteiger charge is -1.98. The first-order valence-corrected chi connectivity index (χ1v) is 8.25. The van der Waals surface area contributed by atoms with Crippen molar-refractivity contribution in [3.8, 4) is 11.3 Å². The highest BCUT2D eigenvalue weighted by Crippen LogP contribution is 2.24. The smallest absolute Gasteiger partial charge is 0.367 e. The van der Waals surface area contributed by atoms with Crippen molar-refractivity contribution in [2.24, 2.45) is 0 Å². The lowest BCUT2D eigenvalue weighted by Crippen LogP contribution is -2.04. The molecule has 0 amide bonds. The largest absolute Gasteiger partial charge is 0.454 e. The van der Waals surface area contributed by atoms with E-state index in [-0.39, 0.29) is 17.4 Å². The van der Waals surface area contributed by atoms with Gasteiger partial charge in [0.15, 0.2) is 5.76 Å². The van der Waals surface area contributed by atoms with Gasteiger partial charge in [0.2, 0.25) is 5.01 Å². The Hall–Kier alpha value is -3.06. The first kappa shape index (κ1) is 15.5. The standard InChI is InChI=1S/C18H11FN2O3S/c19-13-6-2-1-5-12(13)15-9-11(21-24-15)10-23-18(22)17-20-14-7-3-4-8-16(14)25-17/h1-9H,10H2. The van der Waals surface area contributed by atoms with Gasteiger partial charge in [-0.1, -0.05) is 29.4 Å². The summed E-state index contributed by atoms with van der Waals surface area (Å²) >= 11 is 1.27. The number of hydrogen-bond donors (Lipinski definition) is 0. The van der Waals surface area contributed by atoms with Crippen molar-refractivity contribution in [2.45, 2.75) is 6.61 Å². The number of ether oxygens (including phenoxy) is 1. The Morgan fingerprint density at radius 1 is 1.16 bits per heavy atom. The maximum atomic E-state index is 13.7. The van der Waals surface area contributed by atoms with E-state index in [1.807, 2.05) is 24.3 Å². The molecule has 0 spiro atoms. The summed E-state index contributed by atoms with van der Waals surface area (Å²) in [5.41, 5.74) is 1.45. The summed E-state index contributed by atoms with van der Waals surface area (Å²) in [7, 11) is 0. The number of benzene rings is 2. The van der Waals surface area contributed by atoms with Crippen molar-refractivity contribution in [1.29, 1.82) is 0 Å². The highest BCUT2D eigenvalue weighted by molar-refractivity contribution is 7.20. The van der Waals surface area contributed by atoms with E-state index >= 15 is 0 Å². The number of thiazole rings is 1. The molecule has 0 unspecified atom stereocenters. The number of fused-ring (bicyclic) bond motifs is 1. The zero-order valence-corrected chi connectivity index (χ0v) is 13.6. The minimum absolute atomic E-state index is 0.0767. The predicted molar refractivity (Wildman–Crippen MR) is 90.6 cm³/mol. The number of carbonyl (C=O) groups is 1. The third-order valence-corrected chi connectivity index (χ3v) is 4.53. The minimum atomic E-state index is -0.531. The molecular weight excluding hydrogens is 343 g/mol. The molecule has 0 saturated carbocycles. The van der Waals surface area contributed by atoms with Gasteiger partial charge >= 0.3 is 5.97 Å². The van der Waals surface area contributed by atoms with Crippen LogP contribution in [0.4, 0.5) is 4.39 Å². The molecule has 0 radical (unpaired) electrons. The molecule has 124 valence electrons. The van der Waals surface area contributed by atoms with Gasteiger partial charge in [-0.3, -0.25) is 0 Å². The molecule has 0 atom stereocenters. The van der Waals surface area contributed by atoms with E-state index in [1.165, 1.54) is 17.4 Å². The van der Waals surface area contributed by atoms with Crippen LogP contribution in [-0.2, 0) is 11.3 Å². The van der Waals surface area contributed by atoms with Crippen LogP contribution in [0.5, 0.6) is 0 Å². The van der Waals surface area contributed by atoms with Crippen molar-refractivity contribution < 1.29 is 18.4 Å². The number of rotatable bonds is 4. The van der Waals surface area contributed by atoms with E-state index in [9.17, 15) is 9.18 Å².